The predicted molar refractivity (Wildman–Crippen MR) is 113 cm³/mol. The molecule has 9 nitrogen and oxygen atoms in total. The second-order valence-electron chi connectivity index (χ2n) is 6.15. The van der Waals surface area contributed by atoms with E-state index >= 15 is 0 Å². The minimum absolute atomic E-state index is 0.103. The Balaban J connectivity index is 1.58. The molecular weight excluding hydrogens is 410 g/mol. The number of hydrogen-bond donors (Lipinski definition) is 2. The highest BCUT2D eigenvalue weighted by atomic mass is 32.2. The Labute approximate surface area is 176 Å². The number of hydrogen-bond acceptors (Lipinski definition) is 8. The average molecular weight is 432 g/mol. The molecule has 0 fully saturated rings. The number of para-hydroxylation sites is 1. The van der Waals surface area contributed by atoms with Crippen molar-refractivity contribution in [1.29, 1.82) is 0 Å². The highest BCUT2D eigenvalue weighted by molar-refractivity contribution is 7.99. The molecule has 0 saturated heterocycles. The Morgan fingerprint density at radius 3 is 2.55 bits per heavy atom. The first kappa shape index (κ1) is 20.9. The van der Waals surface area contributed by atoms with Crippen molar-refractivity contribution in [2.75, 3.05) is 16.4 Å². The second kappa shape index (κ2) is 9.61. The van der Waals surface area contributed by atoms with Crippen molar-refractivity contribution in [1.82, 2.24) is 25.0 Å². The van der Waals surface area contributed by atoms with Gasteiger partial charge in [0.05, 0.1) is 12.2 Å². The van der Waals surface area contributed by atoms with Crippen molar-refractivity contribution in [3.8, 4) is 0 Å². The molecule has 0 aliphatic carbocycles. The molecule has 2 N–H and O–H groups in total. The van der Waals surface area contributed by atoms with Crippen LogP contribution in [0.3, 0.4) is 0 Å². The summed E-state index contributed by atoms with van der Waals surface area (Å²) in [5, 5.41) is 23.5. The molecule has 152 valence electrons. The number of thioether (sulfide) groups is 1. The van der Waals surface area contributed by atoms with Crippen LogP contribution in [0.2, 0.25) is 0 Å². The molecule has 2 amide bonds. The summed E-state index contributed by atoms with van der Waals surface area (Å²) in [7, 11) is 0. The number of anilines is 2. The number of benzene rings is 1. The molecule has 0 unspecified atom stereocenters. The van der Waals surface area contributed by atoms with Crippen LogP contribution >= 0.6 is 23.1 Å². The third-order valence-electron chi connectivity index (χ3n) is 3.95. The number of aromatic nitrogens is 5. The van der Waals surface area contributed by atoms with Crippen molar-refractivity contribution in [2.45, 2.75) is 38.9 Å². The Bertz CT molecular complexity index is 1020. The zero-order chi connectivity index (χ0) is 20.8. The van der Waals surface area contributed by atoms with Crippen LogP contribution < -0.4 is 10.6 Å². The monoisotopic (exact) mass is 431 g/mol. The standard InChI is InChI=1S/C18H21N7O2S2/c1-4-25-14(9-15(26)19-13-8-6-5-7-11(13)2)22-24-18(25)28-10-16(27)20-17-23-21-12(3)29-17/h5-8H,4,9-10H2,1-3H3,(H,19,26)(H,20,23,27). The van der Waals surface area contributed by atoms with E-state index in [-0.39, 0.29) is 24.0 Å². The Morgan fingerprint density at radius 1 is 1.07 bits per heavy atom. The molecule has 11 heteroatoms. The third-order valence-corrected chi connectivity index (χ3v) is 5.67. The summed E-state index contributed by atoms with van der Waals surface area (Å²) in [5.74, 6) is 0.353. The van der Waals surface area contributed by atoms with Gasteiger partial charge in [0.1, 0.15) is 10.8 Å². The van der Waals surface area contributed by atoms with Crippen molar-refractivity contribution in [3.63, 3.8) is 0 Å². The summed E-state index contributed by atoms with van der Waals surface area (Å²) in [5.41, 5.74) is 1.77. The van der Waals surface area contributed by atoms with Crippen molar-refractivity contribution in [3.05, 3.63) is 40.7 Å². The maximum Gasteiger partial charge on any atom is 0.236 e. The summed E-state index contributed by atoms with van der Waals surface area (Å²) in [6.45, 7) is 6.30. The van der Waals surface area contributed by atoms with E-state index < -0.39 is 0 Å². The van der Waals surface area contributed by atoms with E-state index in [9.17, 15) is 9.59 Å². The fourth-order valence-corrected chi connectivity index (χ4v) is 3.99. The van der Waals surface area contributed by atoms with Crippen LogP contribution in [0.4, 0.5) is 10.8 Å². The second-order valence-corrected chi connectivity index (χ2v) is 8.27. The van der Waals surface area contributed by atoms with Gasteiger partial charge in [-0.25, -0.2) is 0 Å². The Morgan fingerprint density at radius 2 is 1.86 bits per heavy atom. The molecule has 3 aromatic rings. The lowest BCUT2D eigenvalue weighted by molar-refractivity contribution is -0.116. The zero-order valence-corrected chi connectivity index (χ0v) is 17.9. The molecule has 0 bridgehead atoms. The minimum Gasteiger partial charge on any atom is -0.325 e. The van der Waals surface area contributed by atoms with Gasteiger partial charge >= 0.3 is 0 Å². The quantitative estimate of drug-likeness (QED) is 0.527. The van der Waals surface area contributed by atoms with E-state index in [2.05, 4.69) is 31.0 Å². The molecule has 2 heterocycles. The number of rotatable bonds is 8. The fourth-order valence-electron chi connectivity index (χ4n) is 2.56. The summed E-state index contributed by atoms with van der Waals surface area (Å²) >= 11 is 2.58. The molecule has 1 aromatic carbocycles. The van der Waals surface area contributed by atoms with Crippen LogP contribution in [0.25, 0.3) is 0 Å². The predicted octanol–water partition coefficient (Wildman–Crippen LogP) is 2.68. The highest BCUT2D eigenvalue weighted by Crippen LogP contribution is 2.20. The van der Waals surface area contributed by atoms with E-state index in [0.29, 0.717) is 22.7 Å². The summed E-state index contributed by atoms with van der Waals surface area (Å²) < 4.78 is 1.84. The molecule has 2 aromatic heterocycles. The van der Waals surface area contributed by atoms with E-state index in [0.717, 1.165) is 16.3 Å². The third kappa shape index (κ3) is 5.61. The number of nitrogens with one attached hydrogen (secondary N) is 2. The maximum atomic E-state index is 12.4. The first-order chi connectivity index (χ1) is 14.0. The molecule has 0 atom stereocenters. The van der Waals surface area contributed by atoms with E-state index in [1.165, 1.54) is 23.1 Å². The van der Waals surface area contributed by atoms with Crippen LogP contribution in [0.5, 0.6) is 0 Å². The number of aryl methyl sites for hydroxylation is 2. The van der Waals surface area contributed by atoms with Gasteiger partial charge in [-0.2, -0.15) is 0 Å². The molecular formula is C18H21N7O2S2. The molecule has 29 heavy (non-hydrogen) atoms. The first-order valence-electron chi connectivity index (χ1n) is 8.96. The maximum absolute atomic E-state index is 12.4. The van der Waals surface area contributed by atoms with Gasteiger partial charge in [-0.1, -0.05) is 41.3 Å². The summed E-state index contributed by atoms with van der Waals surface area (Å²) in [6.07, 6.45) is 0.103. The summed E-state index contributed by atoms with van der Waals surface area (Å²) in [6, 6.07) is 7.59. The van der Waals surface area contributed by atoms with Crippen LogP contribution in [-0.4, -0.2) is 42.5 Å². The fraction of sp³-hybridized carbons (Fsp3) is 0.333. The van der Waals surface area contributed by atoms with Crippen LogP contribution in [-0.2, 0) is 22.6 Å². The van der Waals surface area contributed by atoms with Gasteiger partial charge in [0.25, 0.3) is 0 Å². The molecule has 0 aliphatic heterocycles. The van der Waals surface area contributed by atoms with Gasteiger partial charge in [-0.3, -0.25) is 14.9 Å². The van der Waals surface area contributed by atoms with Crippen molar-refractivity contribution >= 4 is 45.7 Å². The minimum atomic E-state index is -0.198. The molecule has 0 radical (unpaired) electrons. The lowest BCUT2D eigenvalue weighted by Gasteiger charge is -2.09. The van der Waals surface area contributed by atoms with E-state index in [4.69, 9.17) is 0 Å². The van der Waals surface area contributed by atoms with Gasteiger partial charge in [0, 0.05) is 12.2 Å². The van der Waals surface area contributed by atoms with Crippen molar-refractivity contribution < 1.29 is 9.59 Å². The SMILES string of the molecule is CCn1c(CC(=O)Nc2ccccc2C)nnc1SCC(=O)Nc1nnc(C)s1. The van der Waals surface area contributed by atoms with E-state index in [1.54, 1.807) is 0 Å². The van der Waals surface area contributed by atoms with Crippen molar-refractivity contribution in [2.24, 2.45) is 0 Å². The zero-order valence-electron chi connectivity index (χ0n) is 16.3. The smallest absolute Gasteiger partial charge is 0.236 e. The van der Waals surface area contributed by atoms with Gasteiger partial charge in [-0.15, -0.1) is 20.4 Å². The van der Waals surface area contributed by atoms with Gasteiger partial charge < -0.3 is 9.88 Å². The largest absolute Gasteiger partial charge is 0.325 e. The van der Waals surface area contributed by atoms with Gasteiger partial charge in [0.2, 0.25) is 16.9 Å². The molecule has 0 spiro atoms. The van der Waals surface area contributed by atoms with Crippen LogP contribution in [0, 0.1) is 13.8 Å². The molecule has 3 rings (SSSR count). The van der Waals surface area contributed by atoms with E-state index in [1.807, 2.05) is 49.6 Å². The Hall–Kier alpha value is -2.79. The highest BCUT2D eigenvalue weighted by Gasteiger charge is 2.17. The Kier molecular flexibility index (Phi) is 6.94. The number of carbonyl (C=O) groups is 2. The first-order valence-corrected chi connectivity index (χ1v) is 10.8. The number of carbonyl (C=O) groups excluding carboxylic acids is 2. The van der Waals surface area contributed by atoms with Crippen LogP contribution in [0.15, 0.2) is 29.4 Å². The number of nitrogens with zero attached hydrogens (tertiary/aromatic N) is 5. The normalized spacial score (nSPS) is 10.7. The topological polar surface area (TPSA) is 115 Å². The number of amides is 2. The van der Waals surface area contributed by atoms with Crippen LogP contribution in [0.1, 0.15) is 23.3 Å². The lowest BCUT2D eigenvalue weighted by Crippen LogP contribution is -2.18. The van der Waals surface area contributed by atoms with Gasteiger partial charge in [-0.05, 0) is 32.4 Å². The molecule has 0 aliphatic rings. The lowest BCUT2D eigenvalue weighted by atomic mass is 10.2. The van der Waals surface area contributed by atoms with Gasteiger partial charge in [0.15, 0.2) is 5.16 Å². The average Bonchev–Trinajstić information content (AvgIpc) is 3.27. The summed E-state index contributed by atoms with van der Waals surface area (Å²) in [4.78, 5) is 24.5. The molecule has 0 saturated carbocycles.